The predicted molar refractivity (Wildman–Crippen MR) is 148 cm³/mol. The van der Waals surface area contributed by atoms with Crippen LogP contribution in [0.15, 0.2) is 49.9 Å². The van der Waals surface area contributed by atoms with Crippen LogP contribution in [0.5, 0.6) is 5.75 Å². The van der Waals surface area contributed by atoms with Crippen molar-refractivity contribution in [3.8, 4) is 5.75 Å². The molecule has 42 heavy (non-hydrogen) atoms. The number of benzene rings is 1. The van der Waals surface area contributed by atoms with Gasteiger partial charge in [0.2, 0.25) is 11.3 Å². The highest BCUT2D eigenvalue weighted by Crippen LogP contribution is 2.44. The summed E-state index contributed by atoms with van der Waals surface area (Å²) in [6.45, 7) is 2.64. The van der Waals surface area contributed by atoms with E-state index in [0.717, 1.165) is 16.2 Å². The Balaban J connectivity index is 1.47. The number of hydrogen-bond donors (Lipinski definition) is 7. The summed E-state index contributed by atoms with van der Waals surface area (Å²) < 4.78 is 12.8. The van der Waals surface area contributed by atoms with E-state index >= 15 is 0 Å². The number of ether oxygens (including phenoxy) is 1. The lowest BCUT2D eigenvalue weighted by Gasteiger charge is -2.42. The normalized spacial score (nSPS) is 25.8. The lowest BCUT2D eigenvalue weighted by molar-refractivity contribution is -0.763. The molecule has 5 rings (SSSR count). The van der Waals surface area contributed by atoms with E-state index in [9.17, 15) is 30.3 Å². The number of aliphatic hydroxyl groups excluding tert-OH is 6. The van der Waals surface area contributed by atoms with E-state index in [2.05, 4.69) is 4.99 Å². The zero-order valence-electron chi connectivity index (χ0n) is 23.4. The number of nitrogens with one attached hydrogen (secondary N) is 1. The maximum atomic E-state index is 13.1. The van der Waals surface area contributed by atoms with Gasteiger partial charge in [0.1, 0.15) is 66.9 Å². The SMILES string of the molecule is Cc1cc(=O)c2cc3c(c([NH+]4C=C5N=CC=C5C4)c2o1)OC(C)(CCCO)C(OOCC(O)C(O)C(O)C(O)CO)C3. The molecule has 3 aliphatic rings. The number of aliphatic imine (C=N–C) groups is 1. The zero-order valence-corrected chi connectivity index (χ0v) is 23.4. The largest absolute Gasteiger partial charge is 0.478 e. The van der Waals surface area contributed by atoms with Gasteiger partial charge in [0, 0.05) is 36.4 Å². The van der Waals surface area contributed by atoms with Crippen LogP contribution in [0.1, 0.15) is 31.1 Å². The van der Waals surface area contributed by atoms with Gasteiger partial charge >= 0.3 is 0 Å². The second-order valence-electron chi connectivity index (χ2n) is 11.2. The Hall–Kier alpha value is -2.98. The van der Waals surface area contributed by atoms with Gasteiger partial charge in [-0.15, -0.1) is 0 Å². The Kier molecular flexibility index (Phi) is 8.94. The average molecular weight is 590 g/mol. The third kappa shape index (κ3) is 5.80. The summed E-state index contributed by atoms with van der Waals surface area (Å²) in [5.41, 5.74) is 2.41. The number of allylic oxidation sites excluding steroid dienone is 1. The number of hydrogen-bond acceptors (Lipinski definition) is 12. The van der Waals surface area contributed by atoms with Gasteiger partial charge < -0.3 is 39.8 Å². The lowest BCUT2D eigenvalue weighted by atomic mass is 9.85. The molecule has 228 valence electrons. The fourth-order valence-corrected chi connectivity index (χ4v) is 5.59. The van der Waals surface area contributed by atoms with Crippen molar-refractivity contribution >= 4 is 22.9 Å². The molecule has 0 amide bonds. The first-order valence-corrected chi connectivity index (χ1v) is 13.9. The van der Waals surface area contributed by atoms with Crippen LogP contribution in [0.4, 0.5) is 5.69 Å². The first-order chi connectivity index (χ1) is 20.1. The standard InChI is InChI=1S/C29H36N2O11/c1-15-8-20(34)18-9-17-10-23(42-39-14-22(36)26(38)25(37)21(35)13-33)29(2,5-3-7-32)41-27(17)24(28(18)40-15)31-11-16-4-6-30-19(16)12-31/h4,6,8-9,12,21-23,25-26,32-33,35-38H,3,5,7,10-11,13-14H2,1-2H3/p+1. The molecular formula is C29H37N2O11+. The summed E-state index contributed by atoms with van der Waals surface area (Å²) in [5.74, 6) is 0.993. The molecule has 3 aliphatic heterocycles. The Labute approximate surface area is 241 Å². The van der Waals surface area contributed by atoms with Crippen molar-refractivity contribution in [3.05, 3.63) is 57.2 Å². The van der Waals surface area contributed by atoms with Crippen LogP contribution in [0.2, 0.25) is 0 Å². The van der Waals surface area contributed by atoms with Crippen LogP contribution < -0.4 is 15.1 Å². The van der Waals surface area contributed by atoms with Crippen molar-refractivity contribution in [3.63, 3.8) is 0 Å². The molecule has 7 unspecified atom stereocenters. The Morgan fingerprint density at radius 3 is 2.64 bits per heavy atom. The van der Waals surface area contributed by atoms with Gasteiger partial charge in [-0.2, -0.15) is 0 Å². The van der Waals surface area contributed by atoms with Gasteiger partial charge in [-0.25, -0.2) is 9.78 Å². The molecule has 4 heterocycles. The molecule has 1 aromatic carbocycles. The molecule has 13 nitrogen and oxygen atoms in total. The van der Waals surface area contributed by atoms with E-state index < -0.39 is 49.3 Å². The summed E-state index contributed by atoms with van der Waals surface area (Å²) in [6, 6.07) is 3.15. The van der Waals surface area contributed by atoms with Crippen LogP contribution in [0, 0.1) is 6.92 Å². The molecule has 1 aromatic heterocycles. The fourth-order valence-electron chi connectivity index (χ4n) is 5.59. The third-order valence-corrected chi connectivity index (χ3v) is 8.00. The Morgan fingerprint density at radius 2 is 1.93 bits per heavy atom. The number of aryl methyl sites for hydroxylation is 1. The number of rotatable bonds is 12. The van der Waals surface area contributed by atoms with Gasteiger partial charge in [-0.05, 0) is 38.8 Å². The Morgan fingerprint density at radius 1 is 1.17 bits per heavy atom. The summed E-state index contributed by atoms with van der Waals surface area (Å²) in [6.07, 6.45) is -1.04. The highest BCUT2D eigenvalue weighted by molar-refractivity contribution is 5.90. The van der Waals surface area contributed by atoms with Crippen molar-refractivity contribution in [2.24, 2.45) is 4.99 Å². The Bertz CT molecular complexity index is 1470. The molecule has 0 saturated carbocycles. The maximum Gasteiger partial charge on any atom is 0.222 e. The molecule has 2 aromatic rings. The molecule has 0 saturated heterocycles. The lowest BCUT2D eigenvalue weighted by Crippen LogP contribution is -3.01. The summed E-state index contributed by atoms with van der Waals surface area (Å²) in [5, 5.41) is 58.8. The van der Waals surface area contributed by atoms with Gasteiger partial charge in [-0.3, -0.25) is 14.7 Å². The number of aliphatic hydroxyl groups is 6. The number of quaternary nitrogens is 1. The fraction of sp³-hybridized carbons (Fsp3) is 0.517. The quantitative estimate of drug-likeness (QED) is 0.115. The van der Waals surface area contributed by atoms with Crippen LogP contribution in [0.25, 0.3) is 11.0 Å². The smallest absolute Gasteiger partial charge is 0.222 e. The van der Waals surface area contributed by atoms with Gasteiger partial charge in [0.05, 0.1) is 12.0 Å². The van der Waals surface area contributed by atoms with Crippen molar-refractivity contribution in [1.29, 1.82) is 0 Å². The van der Waals surface area contributed by atoms with Crippen molar-refractivity contribution in [2.45, 2.75) is 69.2 Å². The zero-order chi connectivity index (χ0) is 30.2. The second-order valence-corrected chi connectivity index (χ2v) is 11.2. The second kappa shape index (κ2) is 12.3. The van der Waals surface area contributed by atoms with Gasteiger partial charge in [0.15, 0.2) is 11.2 Å². The molecule has 13 heteroatoms. The molecule has 0 spiro atoms. The van der Waals surface area contributed by atoms with Gasteiger partial charge in [-0.1, -0.05) is 0 Å². The van der Waals surface area contributed by atoms with Crippen LogP contribution >= 0.6 is 0 Å². The molecule has 0 radical (unpaired) electrons. The third-order valence-electron chi connectivity index (χ3n) is 8.00. The average Bonchev–Trinajstić information content (AvgIpc) is 3.57. The minimum absolute atomic E-state index is 0.0936. The van der Waals surface area contributed by atoms with Crippen molar-refractivity contribution in [1.82, 2.24) is 0 Å². The van der Waals surface area contributed by atoms with E-state index in [1.54, 1.807) is 19.2 Å². The van der Waals surface area contributed by atoms with E-state index in [0.29, 0.717) is 53.1 Å². The highest BCUT2D eigenvalue weighted by atomic mass is 17.2. The topological polar surface area (TPSA) is 196 Å². The van der Waals surface area contributed by atoms with Crippen LogP contribution in [-0.4, -0.2) is 99.3 Å². The highest BCUT2D eigenvalue weighted by Gasteiger charge is 2.46. The van der Waals surface area contributed by atoms with E-state index in [-0.39, 0.29) is 18.5 Å². The number of fused-ring (bicyclic) bond motifs is 3. The van der Waals surface area contributed by atoms with Crippen molar-refractivity contribution in [2.75, 3.05) is 26.4 Å². The van der Waals surface area contributed by atoms with Crippen LogP contribution in [-0.2, 0) is 16.2 Å². The molecule has 0 fully saturated rings. The minimum atomic E-state index is -1.81. The predicted octanol–water partition coefficient (Wildman–Crippen LogP) is -1.30. The minimum Gasteiger partial charge on any atom is -0.478 e. The molecule has 0 bridgehead atoms. The summed E-state index contributed by atoms with van der Waals surface area (Å²) in [7, 11) is 0. The first-order valence-electron chi connectivity index (χ1n) is 13.9. The molecule has 7 atom stereocenters. The maximum absolute atomic E-state index is 13.1. The van der Waals surface area contributed by atoms with Crippen LogP contribution in [0.3, 0.4) is 0 Å². The summed E-state index contributed by atoms with van der Waals surface area (Å²) in [4.78, 5) is 29.4. The summed E-state index contributed by atoms with van der Waals surface area (Å²) >= 11 is 0. The molecule has 0 aliphatic carbocycles. The van der Waals surface area contributed by atoms with Gasteiger partial charge in [0.25, 0.3) is 0 Å². The molecular weight excluding hydrogens is 552 g/mol. The number of nitrogens with zero attached hydrogens (tertiary/aromatic N) is 1. The van der Waals surface area contributed by atoms with E-state index in [4.69, 9.17) is 24.0 Å². The monoisotopic (exact) mass is 589 g/mol. The first kappa shape index (κ1) is 30.5. The van der Waals surface area contributed by atoms with E-state index in [1.807, 2.05) is 19.2 Å². The van der Waals surface area contributed by atoms with E-state index in [1.165, 1.54) is 6.07 Å². The molecule has 7 N–H and O–H groups in total. The van der Waals surface area contributed by atoms with Crippen molar-refractivity contribution < 1.29 is 54.5 Å².